The lowest BCUT2D eigenvalue weighted by molar-refractivity contribution is -0.384. The third-order valence-corrected chi connectivity index (χ3v) is 4.52. The van der Waals surface area contributed by atoms with E-state index in [1.807, 2.05) is 13.8 Å². The Kier molecular flexibility index (Phi) is 6.28. The lowest BCUT2D eigenvalue weighted by Gasteiger charge is -2.15. The van der Waals surface area contributed by atoms with Crippen LogP contribution in [-0.4, -0.2) is 30.0 Å². The van der Waals surface area contributed by atoms with Gasteiger partial charge in [-0.25, -0.2) is 9.79 Å². The topological polar surface area (TPSA) is 100 Å². The van der Waals surface area contributed by atoms with Crippen LogP contribution in [0.5, 0.6) is 11.5 Å². The van der Waals surface area contributed by atoms with Gasteiger partial charge in [0.15, 0.2) is 17.2 Å². The molecule has 0 amide bonds. The molecule has 0 saturated heterocycles. The Hall–Kier alpha value is -3.10. The summed E-state index contributed by atoms with van der Waals surface area (Å²) in [7, 11) is 1.48. The minimum atomic E-state index is -0.697. The summed E-state index contributed by atoms with van der Waals surface area (Å²) >= 11 is 12.4. The van der Waals surface area contributed by atoms with Crippen LogP contribution >= 0.6 is 23.2 Å². The van der Waals surface area contributed by atoms with Crippen molar-refractivity contribution in [3.8, 4) is 11.5 Å². The van der Waals surface area contributed by atoms with Crippen LogP contribution in [0.4, 0.5) is 5.69 Å². The van der Waals surface area contributed by atoms with E-state index in [0.29, 0.717) is 22.1 Å². The Bertz CT molecular complexity index is 1090. The van der Waals surface area contributed by atoms with Crippen LogP contribution in [0.2, 0.25) is 10.0 Å². The second-order valence-electron chi connectivity index (χ2n) is 6.46. The Balaban J connectivity index is 1.97. The number of benzene rings is 2. The third-order valence-electron chi connectivity index (χ3n) is 3.92. The fourth-order valence-electron chi connectivity index (χ4n) is 2.65. The molecule has 0 atom stereocenters. The number of aliphatic imine (C=N–C) groups is 1. The molecular weight excluding hydrogens is 435 g/mol. The Morgan fingerprint density at radius 2 is 1.93 bits per heavy atom. The summed E-state index contributed by atoms with van der Waals surface area (Å²) in [4.78, 5) is 26.7. The van der Waals surface area contributed by atoms with Gasteiger partial charge in [0.25, 0.3) is 5.69 Å². The first-order chi connectivity index (χ1) is 14.2. The Morgan fingerprint density at radius 3 is 2.53 bits per heavy atom. The number of hydrogen-bond donors (Lipinski definition) is 0. The summed E-state index contributed by atoms with van der Waals surface area (Å²) in [5.41, 5.74) is 0.625. The number of cyclic esters (lactones) is 1. The van der Waals surface area contributed by atoms with Crippen molar-refractivity contribution in [2.45, 2.75) is 20.0 Å². The molecule has 1 aliphatic rings. The quantitative estimate of drug-likeness (QED) is 0.264. The van der Waals surface area contributed by atoms with E-state index in [4.69, 9.17) is 37.4 Å². The Morgan fingerprint density at radius 1 is 1.20 bits per heavy atom. The van der Waals surface area contributed by atoms with E-state index in [1.165, 1.54) is 25.3 Å². The molecule has 2 aromatic rings. The van der Waals surface area contributed by atoms with E-state index >= 15 is 0 Å². The maximum absolute atomic E-state index is 12.3. The molecule has 10 heteroatoms. The zero-order valence-electron chi connectivity index (χ0n) is 16.1. The first-order valence-electron chi connectivity index (χ1n) is 8.70. The molecule has 0 bridgehead atoms. The van der Waals surface area contributed by atoms with Crippen molar-refractivity contribution in [1.29, 1.82) is 0 Å². The van der Waals surface area contributed by atoms with Gasteiger partial charge in [0.05, 0.1) is 33.7 Å². The second-order valence-corrected chi connectivity index (χ2v) is 7.27. The standard InChI is InChI=1S/C20H16Cl2N2O6/c1-10(2)29-18-15(22)6-11(8-17(18)28-3)7-16-20(25)30-19(23-16)13-5-4-12(24(26)27)9-14(13)21/h4-10H,1-3H3/b16-7-. The highest BCUT2D eigenvalue weighted by atomic mass is 35.5. The van der Waals surface area contributed by atoms with Gasteiger partial charge in [-0.3, -0.25) is 10.1 Å². The third kappa shape index (κ3) is 4.55. The van der Waals surface area contributed by atoms with Crippen molar-refractivity contribution in [3.63, 3.8) is 0 Å². The second kappa shape index (κ2) is 8.73. The minimum absolute atomic E-state index is 0.00932. The van der Waals surface area contributed by atoms with Crippen LogP contribution in [0.15, 0.2) is 41.0 Å². The number of rotatable bonds is 6. The van der Waals surface area contributed by atoms with E-state index < -0.39 is 10.9 Å². The van der Waals surface area contributed by atoms with E-state index in [9.17, 15) is 14.9 Å². The monoisotopic (exact) mass is 450 g/mol. The van der Waals surface area contributed by atoms with E-state index in [0.717, 1.165) is 6.07 Å². The molecule has 30 heavy (non-hydrogen) atoms. The molecule has 2 aromatic carbocycles. The molecule has 0 aromatic heterocycles. The van der Waals surface area contributed by atoms with E-state index in [1.54, 1.807) is 12.1 Å². The number of halogens is 2. The fourth-order valence-corrected chi connectivity index (χ4v) is 3.17. The van der Waals surface area contributed by atoms with Crippen LogP contribution in [0.3, 0.4) is 0 Å². The van der Waals surface area contributed by atoms with Crippen molar-refractivity contribution < 1.29 is 23.9 Å². The van der Waals surface area contributed by atoms with Gasteiger partial charge in [-0.1, -0.05) is 23.2 Å². The molecule has 0 aliphatic carbocycles. The average molecular weight is 451 g/mol. The lowest BCUT2D eigenvalue weighted by atomic mass is 10.1. The molecule has 3 rings (SSSR count). The number of non-ortho nitro benzene ring substituents is 1. The Labute approximate surface area is 181 Å². The number of esters is 1. The number of carbonyl (C=O) groups excluding carboxylic acids is 1. The van der Waals surface area contributed by atoms with E-state index in [-0.39, 0.29) is 34.0 Å². The predicted octanol–water partition coefficient (Wildman–Crippen LogP) is 5.04. The van der Waals surface area contributed by atoms with E-state index in [2.05, 4.69) is 4.99 Å². The number of nitro benzene ring substituents is 1. The lowest BCUT2D eigenvalue weighted by Crippen LogP contribution is -2.07. The molecule has 156 valence electrons. The molecule has 0 unspecified atom stereocenters. The molecular formula is C20H16Cl2N2O6. The van der Waals surface area contributed by atoms with Crippen LogP contribution in [0.25, 0.3) is 6.08 Å². The molecule has 0 radical (unpaired) electrons. The van der Waals surface area contributed by atoms with Crippen molar-refractivity contribution in [2.75, 3.05) is 7.11 Å². The normalized spacial score (nSPS) is 14.7. The van der Waals surface area contributed by atoms with Crippen molar-refractivity contribution in [3.05, 3.63) is 67.3 Å². The number of methoxy groups -OCH3 is 1. The van der Waals surface area contributed by atoms with Crippen LogP contribution in [0.1, 0.15) is 25.0 Å². The molecule has 0 fully saturated rings. The van der Waals surface area contributed by atoms with Gasteiger partial charge in [-0.15, -0.1) is 0 Å². The highest BCUT2D eigenvalue weighted by Crippen LogP contribution is 2.38. The predicted molar refractivity (Wildman–Crippen MR) is 112 cm³/mol. The highest BCUT2D eigenvalue weighted by Gasteiger charge is 2.27. The summed E-state index contributed by atoms with van der Waals surface area (Å²) < 4.78 is 16.2. The van der Waals surface area contributed by atoms with Gasteiger partial charge < -0.3 is 14.2 Å². The van der Waals surface area contributed by atoms with Crippen molar-refractivity contribution >= 4 is 46.8 Å². The first-order valence-corrected chi connectivity index (χ1v) is 9.46. The van der Waals surface area contributed by atoms with Crippen LogP contribution in [0, 0.1) is 10.1 Å². The van der Waals surface area contributed by atoms with Crippen LogP contribution < -0.4 is 9.47 Å². The summed E-state index contributed by atoms with van der Waals surface area (Å²) in [6.45, 7) is 3.72. The van der Waals surface area contributed by atoms with Gasteiger partial charge >= 0.3 is 5.97 Å². The summed E-state index contributed by atoms with van der Waals surface area (Å²) in [5.74, 6) is 0.0465. The molecule has 0 saturated carbocycles. The number of carbonyl (C=O) groups is 1. The summed E-state index contributed by atoms with van der Waals surface area (Å²) in [5, 5.41) is 11.2. The highest BCUT2D eigenvalue weighted by molar-refractivity contribution is 6.35. The maximum atomic E-state index is 12.3. The largest absolute Gasteiger partial charge is 0.493 e. The first kappa shape index (κ1) is 21.6. The molecule has 0 spiro atoms. The molecule has 1 heterocycles. The SMILES string of the molecule is COc1cc(/C=C2\N=C(c3ccc([N+](=O)[O-])cc3Cl)OC2=O)cc(Cl)c1OC(C)C. The van der Waals surface area contributed by atoms with Gasteiger partial charge in [0, 0.05) is 12.1 Å². The molecule has 0 N–H and O–H groups in total. The van der Waals surface area contributed by atoms with Gasteiger partial charge in [-0.05, 0) is 43.7 Å². The number of hydrogen-bond acceptors (Lipinski definition) is 7. The average Bonchev–Trinajstić information content (AvgIpc) is 3.03. The van der Waals surface area contributed by atoms with Gasteiger partial charge in [0.1, 0.15) is 0 Å². The zero-order chi connectivity index (χ0) is 22.0. The molecule has 8 nitrogen and oxygen atoms in total. The summed E-state index contributed by atoms with van der Waals surface area (Å²) in [6, 6.07) is 7.03. The van der Waals surface area contributed by atoms with Crippen LogP contribution in [-0.2, 0) is 9.53 Å². The summed E-state index contributed by atoms with van der Waals surface area (Å²) in [6.07, 6.45) is 1.37. The number of nitrogens with zero attached hydrogens (tertiary/aromatic N) is 2. The smallest absolute Gasteiger partial charge is 0.363 e. The number of nitro groups is 1. The number of ether oxygens (including phenoxy) is 3. The molecule has 1 aliphatic heterocycles. The zero-order valence-corrected chi connectivity index (χ0v) is 17.7. The minimum Gasteiger partial charge on any atom is -0.493 e. The van der Waals surface area contributed by atoms with Crippen molar-refractivity contribution in [2.24, 2.45) is 4.99 Å². The fraction of sp³-hybridized carbons (Fsp3) is 0.200. The van der Waals surface area contributed by atoms with Gasteiger partial charge in [-0.2, -0.15) is 0 Å². The van der Waals surface area contributed by atoms with Gasteiger partial charge in [0.2, 0.25) is 5.90 Å². The maximum Gasteiger partial charge on any atom is 0.363 e. The van der Waals surface area contributed by atoms with Crippen molar-refractivity contribution in [1.82, 2.24) is 0 Å².